The number of benzene rings is 1. The summed E-state index contributed by atoms with van der Waals surface area (Å²) in [6.07, 6.45) is -3.72. The van der Waals surface area contributed by atoms with Gasteiger partial charge in [-0.25, -0.2) is 4.79 Å². The molecule has 1 aromatic rings. The molecule has 0 saturated carbocycles. The third-order valence-electron chi connectivity index (χ3n) is 3.02. The Bertz CT molecular complexity index is 497. The molecule has 6 heteroatoms. The van der Waals surface area contributed by atoms with Gasteiger partial charge in [0.25, 0.3) is 0 Å². The molecular weight excluding hydrogens is 257 g/mol. The summed E-state index contributed by atoms with van der Waals surface area (Å²) < 4.78 is 37.9. The minimum absolute atomic E-state index is 0.240. The minimum atomic E-state index is -4.40. The first kappa shape index (κ1) is 13.7. The molecule has 104 valence electrons. The van der Waals surface area contributed by atoms with E-state index in [1.807, 2.05) is 13.8 Å². The number of rotatable bonds is 2. The van der Waals surface area contributed by atoms with E-state index >= 15 is 0 Å². The Labute approximate surface area is 109 Å². The summed E-state index contributed by atoms with van der Waals surface area (Å²) in [5.74, 6) is 0.332. The highest BCUT2D eigenvalue weighted by Gasteiger charge is 2.33. The van der Waals surface area contributed by atoms with Crippen molar-refractivity contribution in [2.24, 2.45) is 5.92 Å². The van der Waals surface area contributed by atoms with Gasteiger partial charge < -0.3 is 10.6 Å². The highest BCUT2D eigenvalue weighted by molar-refractivity contribution is 5.93. The van der Waals surface area contributed by atoms with Gasteiger partial charge in [0.2, 0.25) is 0 Å². The summed E-state index contributed by atoms with van der Waals surface area (Å²) in [6.45, 7) is 4.00. The molecular formula is C13H15F3N2O. The lowest BCUT2D eigenvalue weighted by Crippen LogP contribution is -2.38. The fraction of sp³-hybridized carbons (Fsp3) is 0.462. The van der Waals surface area contributed by atoms with E-state index in [2.05, 4.69) is 10.6 Å². The maximum Gasteiger partial charge on any atom is 0.416 e. The van der Waals surface area contributed by atoms with Crippen molar-refractivity contribution in [3.05, 3.63) is 29.3 Å². The largest absolute Gasteiger partial charge is 0.416 e. The van der Waals surface area contributed by atoms with E-state index in [1.165, 1.54) is 6.07 Å². The lowest BCUT2D eigenvalue weighted by atomic mass is 9.93. The third kappa shape index (κ3) is 3.00. The Morgan fingerprint density at radius 1 is 1.32 bits per heavy atom. The summed E-state index contributed by atoms with van der Waals surface area (Å²) in [4.78, 5) is 11.5. The van der Waals surface area contributed by atoms with E-state index in [1.54, 1.807) is 0 Å². The van der Waals surface area contributed by atoms with Gasteiger partial charge >= 0.3 is 12.2 Å². The molecule has 3 nitrogen and oxygen atoms in total. The predicted octanol–water partition coefficient (Wildman–Crippen LogP) is 3.93. The van der Waals surface area contributed by atoms with Gasteiger partial charge in [-0.1, -0.05) is 19.9 Å². The number of hydrogen-bond acceptors (Lipinski definition) is 1. The van der Waals surface area contributed by atoms with Crippen LogP contribution in [0.4, 0.5) is 23.7 Å². The van der Waals surface area contributed by atoms with Crippen LogP contribution >= 0.6 is 0 Å². The molecule has 2 N–H and O–H groups in total. The second-order valence-electron chi connectivity index (χ2n) is 5.08. The van der Waals surface area contributed by atoms with Gasteiger partial charge in [0, 0.05) is 5.69 Å². The molecule has 1 aliphatic heterocycles. The molecule has 0 bridgehead atoms. The molecule has 1 heterocycles. The van der Waals surface area contributed by atoms with Crippen molar-refractivity contribution in [1.29, 1.82) is 0 Å². The van der Waals surface area contributed by atoms with E-state index in [0.29, 0.717) is 17.9 Å². The average Bonchev–Trinajstić information content (AvgIpc) is 2.25. The zero-order chi connectivity index (χ0) is 14.2. The van der Waals surface area contributed by atoms with E-state index in [4.69, 9.17) is 0 Å². The number of carbonyl (C=O) groups is 1. The first-order valence-corrected chi connectivity index (χ1v) is 6.06. The number of anilines is 1. The van der Waals surface area contributed by atoms with Crippen LogP contribution in [0.5, 0.6) is 0 Å². The summed E-state index contributed by atoms with van der Waals surface area (Å²) in [6, 6.07) is 2.76. The quantitative estimate of drug-likeness (QED) is 0.841. The van der Waals surface area contributed by atoms with Crippen LogP contribution in [-0.2, 0) is 6.18 Å². The normalized spacial score (nSPS) is 18.8. The number of hydrogen-bond donors (Lipinski definition) is 2. The molecule has 2 amide bonds. The number of halogens is 3. The average molecular weight is 272 g/mol. The Morgan fingerprint density at radius 3 is 2.58 bits per heavy atom. The van der Waals surface area contributed by atoms with E-state index < -0.39 is 17.8 Å². The van der Waals surface area contributed by atoms with Crippen LogP contribution in [0, 0.1) is 5.92 Å². The predicted molar refractivity (Wildman–Crippen MR) is 65.8 cm³/mol. The van der Waals surface area contributed by atoms with Gasteiger partial charge in [-0.15, -0.1) is 0 Å². The number of alkyl halides is 3. The van der Waals surface area contributed by atoms with E-state index in [-0.39, 0.29) is 11.7 Å². The van der Waals surface area contributed by atoms with Crippen molar-refractivity contribution in [2.45, 2.75) is 32.5 Å². The van der Waals surface area contributed by atoms with Gasteiger partial charge in [-0.2, -0.15) is 13.2 Å². The van der Waals surface area contributed by atoms with Gasteiger partial charge in [-0.3, -0.25) is 0 Å². The summed E-state index contributed by atoms with van der Waals surface area (Å²) >= 11 is 0. The Hall–Kier alpha value is -1.72. The Kier molecular flexibility index (Phi) is 3.43. The van der Waals surface area contributed by atoms with Crippen molar-refractivity contribution in [1.82, 2.24) is 5.32 Å². The van der Waals surface area contributed by atoms with Gasteiger partial charge in [-0.05, 0) is 30.0 Å². The molecule has 0 fully saturated rings. The van der Waals surface area contributed by atoms with Crippen LogP contribution in [0.1, 0.15) is 37.4 Å². The van der Waals surface area contributed by atoms with E-state index in [9.17, 15) is 18.0 Å². The fourth-order valence-corrected chi connectivity index (χ4v) is 2.20. The summed E-state index contributed by atoms with van der Waals surface area (Å²) in [7, 11) is 0. The van der Waals surface area contributed by atoms with Crippen LogP contribution < -0.4 is 10.6 Å². The Balaban J connectivity index is 2.38. The van der Waals surface area contributed by atoms with Gasteiger partial charge in [0.05, 0.1) is 11.6 Å². The van der Waals surface area contributed by atoms with Gasteiger partial charge in [0.1, 0.15) is 0 Å². The molecule has 2 rings (SSSR count). The van der Waals surface area contributed by atoms with Crippen molar-refractivity contribution in [3.63, 3.8) is 0 Å². The molecule has 0 spiro atoms. The number of nitrogens with one attached hydrogen (secondary N) is 2. The first-order chi connectivity index (χ1) is 8.77. The molecule has 1 atom stereocenters. The maximum atomic E-state index is 12.6. The lowest BCUT2D eigenvalue weighted by molar-refractivity contribution is -0.137. The van der Waals surface area contributed by atoms with Crippen molar-refractivity contribution >= 4 is 11.7 Å². The third-order valence-corrected chi connectivity index (χ3v) is 3.02. The smallest absolute Gasteiger partial charge is 0.331 e. The number of carbonyl (C=O) groups excluding carboxylic acids is 1. The number of fused-ring (bicyclic) bond motifs is 1. The molecule has 0 aliphatic carbocycles. The SMILES string of the molecule is CC(C)CC1NC(=O)Nc2cc(C(F)(F)F)ccc21. The van der Waals surface area contributed by atoms with Crippen LogP contribution in [0.3, 0.4) is 0 Å². The van der Waals surface area contributed by atoms with Gasteiger partial charge in [0.15, 0.2) is 0 Å². The van der Waals surface area contributed by atoms with Crippen LogP contribution in [0.2, 0.25) is 0 Å². The molecule has 19 heavy (non-hydrogen) atoms. The lowest BCUT2D eigenvalue weighted by Gasteiger charge is -2.29. The summed E-state index contributed by atoms with van der Waals surface area (Å²) in [5, 5.41) is 5.16. The standard InChI is InChI=1S/C13H15F3N2O/c1-7(2)5-10-9-4-3-8(13(14,15)16)6-11(9)18-12(19)17-10/h3-4,6-7,10H,5H2,1-2H3,(H2,17,18,19). The minimum Gasteiger partial charge on any atom is -0.331 e. The molecule has 1 aliphatic rings. The van der Waals surface area contributed by atoms with Crippen molar-refractivity contribution in [2.75, 3.05) is 5.32 Å². The second-order valence-corrected chi connectivity index (χ2v) is 5.08. The van der Waals surface area contributed by atoms with Crippen molar-refractivity contribution < 1.29 is 18.0 Å². The highest BCUT2D eigenvalue weighted by Crippen LogP contribution is 2.36. The fourth-order valence-electron chi connectivity index (χ4n) is 2.20. The van der Waals surface area contributed by atoms with Crippen LogP contribution in [0.25, 0.3) is 0 Å². The maximum absolute atomic E-state index is 12.6. The number of urea groups is 1. The Morgan fingerprint density at radius 2 is 2.00 bits per heavy atom. The zero-order valence-electron chi connectivity index (χ0n) is 10.6. The topological polar surface area (TPSA) is 41.1 Å². The molecule has 0 radical (unpaired) electrons. The molecule has 0 aromatic heterocycles. The first-order valence-electron chi connectivity index (χ1n) is 6.06. The molecule has 1 aromatic carbocycles. The van der Waals surface area contributed by atoms with E-state index in [0.717, 1.165) is 12.1 Å². The highest BCUT2D eigenvalue weighted by atomic mass is 19.4. The zero-order valence-corrected chi connectivity index (χ0v) is 10.6. The monoisotopic (exact) mass is 272 g/mol. The summed E-state index contributed by atoms with van der Waals surface area (Å²) in [5.41, 5.74) is 0.183. The number of amides is 2. The van der Waals surface area contributed by atoms with Crippen LogP contribution in [0.15, 0.2) is 18.2 Å². The molecule has 0 saturated heterocycles. The molecule has 1 unspecified atom stereocenters. The van der Waals surface area contributed by atoms with Crippen LogP contribution in [-0.4, -0.2) is 6.03 Å². The second kappa shape index (κ2) is 4.75. The van der Waals surface area contributed by atoms with Crippen molar-refractivity contribution in [3.8, 4) is 0 Å².